The number of anilines is 2. The van der Waals surface area contributed by atoms with Gasteiger partial charge in [-0.1, -0.05) is 6.07 Å². The van der Waals surface area contributed by atoms with Crippen molar-refractivity contribution in [3.63, 3.8) is 0 Å². The zero-order valence-corrected chi connectivity index (χ0v) is 22.9. The number of rotatable bonds is 7. The molecule has 5 heterocycles. The van der Waals surface area contributed by atoms with Crippen molar-refractivity contribution in [3.8, 4) is 22.6 Å². The minimum Gasteiger partial charge on any atom is -0.347 e. The van der Waals surface area contributed by atoms with Crippen LogP contribution in [0.2, 0.25) is 0 Å². The molecule has 0 fully saturated rings. The summed E-state index contributed by atoms with van der Waals surface area (Å²) >= 11 is 0. The molecule has 11 heteroatoms. The van der Waals surface area contributed by atoms with Crippen LogP contribution in [0.5, 0.6) is 0 Å². The lowest BCUT2D eigenvalue weighted by Crippen LogP contribution is -2.24. The second-order valence-electron chi connectivity index (χ2n) is 9.62. The number of nitrogens with one attached hydrogen (secondary N) is 2. The van der Waals surface area contributed by atoms with Crippen LogP contribution in [0.3, 0.4) is 0 Å². The Morgan fingerprint density at radius 3 is 2.51 bits per heavy atom. The molecule has 5 rings (SSSR count). The van der Waals surface area contributed by atoms with Crippen molar-refractivity contribution in [1.82, 2.24) is 34.8 Å². The first kappa shape index (κ1) is 27.3. The highest BCUT2D eigenvalue weighted by Gasteiger charge is 2.14. The van der Waals surface area contributed by atoms with E-state index >= 15 is 0 Å². The van der Waals surface area contributed by atoms with Crippen molar-refractivity contribution < 1.29 is 9.18 Å². The van der Waals surface area contributed by atoms with E-state index in [0.717, 1.165) is 11.3 Å². The lowest BCUT2D eigenvalue weighted by atomic mass is 10.1. The van der Waals surface area contributed by atoms with Gasteiger partial charge in [-0.15, -0.1) is 0 Å². The maximum absolute atomic E-state index is 13.6. The van der Waals surface area contributed by atoms with E-state index in [0.29, 0.717) is 45.4 Å². The molecular weight excluding hydrogens is 523 g/mol. The number of hydrogen-bond donors (Lipinski definition) is 2. The fourth-order valence-corrected chi connectivity index (χ4v) is 4.19. The van der Waals surface area contributed by atoms with Gasteiger partial charge >= 0.3 is 0 Å². The van der Waals surface area contributed by atoms with Crippen molar-refractivity contribution in [3.05, 3.63) is 112 Å². The van der Waals surface area contributed by atoms with Crippen LogP contribution >= 0.6 is 0 Å². The fraction of sp³-hybridized carbons (Fsp3) is 0.167. The average Bonchev–Trinajstić information content (AvgIpc) is 2.95. The molecule has 0 aromatic carbocycles. The first-order chi connectivity index (χ1) is 19.7. The molecule has 5 aromatic heterocycles. The molecule has 0 radical (unpaired) electrons. The van der Waals surface area contributed by atoms with Gasteiger partial charge in [0, 0.05) is 72.5 Å². The summed E-state index contributed by atoms with van der Waals surface area (Å²) in [5.74, 6) is 0.211. The number of aryl methyl sites for hydroxylation is 4. The predicted octanol–water partition coefficient (Wildman–Crippen LogP) is 4.43. The highest BCUT2D eigenvalue weighted by molar-refractivity contribution is 5.94. The van der Waals surface area contributed by atoms with Gasteiger partial charge in [0.2, 0.25) is 0 Å². The van der Waals surface area contributed by atoms with Gasteiger partial charge in [-0.2, -0.15) is 0 Å². The van der Waals surface area contributed by atoms with Crippen molar-refractivity contribution in [2.45, 2.75) is 27.3 Å². The minimum absolute atomic E-state index is 0.139. The zero-order valence-electron chi connectivity index (χ0n) is 22.9. The van der Waals surface area contributed by atoms with Gasteiger partial charge in [-0.25, -0.2) is 14.4 Å². The lowest BCUT2D eigenvalue weighted by Gasteiger charge is -2.11. The molecular formula is C30H27FN8O2. The molecule has 0 saturated heterocycles. The number of aromatic nitrogens is 6. The molecule has 2 N–H and O–H groups in total. The molecule has 0 unspecified atom stereocenters. The molecule has 5 aromatic rings. The first-order valence-electron chi connectivity index (χ1n) is 12.8. The average molecular weight is 551 g/mol. The Labute approximate surface area is 235 Å². The van der Waals surface area contributed by atoms with Gasteiger partial charge < -0.3 is 15.2 Å². The normalized spacial score (nSPS) is 10.9. The fourth-order valence-electron chi connectivity index (χ4n) is 4.19. The zero-order chi connectivity index (χ0) is 29.1. The van der Waals surface area contributed by atoms with Gasteiger partial charge in [0.1, 0.15) is 17.3 Å². The number of carbonyl (C=O) groups excluding carboxylic acids is 1. The number of amides is 1. The molecule has 0 atom stereocenters. The summed E-state index contributed by atoms with van der Waals surface area (Å²) in [5, 5.41) is 6.01. The Bertz CT molecular complexity index is 1820. The molecule has 10 nitrogen and oxygen atoms in total. The Hall–Kier alpha value is -5.32. The topological polar surface area (TPSA) is 128 Å². The van der Waals surface area contributed by atoms with Crippen molar-refractivity contribution in [2.24, 2.45) is 7.05 Å². The maximum atomic E-state index is 13.6. The van der Waals surface area contributed by atoms with Crippen LogP contribution in [0, 0.1) is 26.6 Å². The van der Waals surface area contributed by atoms with Crippen LogP contribution in [0.25, 0.3) is 22.6 Å². The van der Waals surface area contributed by atoms with Crippen LogP contribution in [-0.4, -0.2) is 35.4 Å². The number of carbonyl (C=O) groups is 1. The summed E-state index contributed by atoms with van der Waals surface area (Å²) < 4.78 is 15.1. The van der Waals surface area contributed by atoms with Gasteiger partial charge in [0.15, 0.2) is 5.82 Å². The van der Waals surface area contributed by atoms with E-state index in [9.17, 15) is 14.0 Å². The Kier molecular flexibility index (Phi) is 7.59. The third-order valence-electron chi connectivity index (χ3n) is 6.39. The standard InChI is InChI=1S/C30H27FN8O2/c1-17-9-21(29-36-18(2)10-26(38-29)37-23-7-8-39(4)27(40)12-23)15-34-28(17)30(41)35-14-20-5-6-25(33-13-20)24-11-22(31)16-32-19(24)3/h5-13,15-16H,14H2,1-4H3,(H,35,41)(H,36,37,38). The van der Waals surface area contributed by atoms with Crippen molar-refractivity contribution >= 4 is 17.4 Å². The molecule has 0 aliphatic carbocycles. The van der Waals surface area contributed by atoms with Crippen LogP contribution < -0.4 is 16.2 Å². The molecule has 0 aliphatic rings. The third kappa shape index (κ3) is 6.30. The van der Waals surface area contributed by atoms with E-state index in [2.05, 4.69) is 35.6 Å². The summed E-state index contributed by atoms with van der Waals surface area (Å²) in [4.78, 5) is 46.8. The van der Waals surface area contributed by atoms with Crippen molar-refractivity contribution in [2.75, 3.05) is 5.32 Å². The van der Waals surface area contributed by atoms with Crippen LogP contribution in [-0.2, 0) is 13.6 Å². The summed E-state index contributed by atoms with van der Waals surface area (Å²) in [6.07, 6.45) is 6.04. The van der Waals surface area contributed by atoms with E-state index in [1.807, 2.05) is 19.1 Å². The van der Waals surface area contributed by atoms with Crippen LogP contribution in [0.1, 0.15) is 33.0 Å². The Morgan fingerprint density at radius 1 is 0.951 bits per heavy atom. The minimum atomic E-state index is -0.427. The molecule has 0 spiro atoms. The molecule has 0 aliphatic heterocycles. The monoisotopic (exact) mass is 550 g/mol. The van der Waals surface area contributed by atoms with Crippen LogP contribution in [0.15, 0.2) is 72.0 Å². The van der Waals surface area contributed by atoms with E-state index in [-0.39, 0.29) is 23.7 Å². The summed E-state index contributed by atoms with van der Waals surface area (Å²) in [6.45, 7) is 5.68. The van der Waals surface area contributed by atoms with Gasteiger partial charge in [0.25, 0.3) is 11.5 Å². The van der Waals surface area contributed by atoms with Gasteiger partial charge in [-0.05, 0) is 56.2 Å². The summed E-state index contributed by atoms with van der Waals surface area (Å²) in [6, 6.07) is 11.9. The number of hydrogen-bond acceptors (Lipinski definition) is 8. The number of pyridine rings is 4. The smallest absolute Gasteiger partial charge is 0.270 e. The third-order valence-corrected chi connectivity index (χ3v) is 6.39. The highest BCUT2D eigenvalue weighted by atomic mass is 19.1. The first-order valence-corrected chi connectivity index (χ1v) is 12.8. The lowest BCUT2D eigenvalue weighted by molar-refractivity contribution is 0.0945. The van der Waals surface area contributed by atoms with E-state index < -0.39 is 5.82 Å². The molecule has 0 saturated carbocycles. The van der Waals surface area contributed by atoms with E-state index in [1.54, 1.807) is 57.7 Å². The molecule has 0 bridgehead atoms. The van der Waals surface area contributed by atoms with Gasteiger partial charge in [-0.3, -0.25) is 24.5 Å². The second-order valence-corrected chi connectivity index (χ2v) is 9.62. The SMILES string of the molecule is Cc1cc(Nc2ccn(C)c(=O)c2)nc(-c2cnc(C(=O)NCc3ccc(-c4cc(F)cnc4C)nc3)c(C)c2)n1. The van der Waals surface area contributed by atoms with Crippen LogP contribution in [0.4, 0.5) is 15.9 Å². The summed E-state index contributed by atoms with van der Waals surface area (Å²) in [7, 11) is 1.68. The molecule has 41 heavy (non-hydrogen) atoms. The second kappa shape index (κ2) is 11.4. The quantitative estimate of drug-likeness (QED) is 0.305. The Balaban J connectivity index is 1.27. The van der Waals surface area contributed by atoms with Gasteiger partial charge in [0.05, 0.1) is 11.9 Å². The Morgan fingerprint density at radius 2 is 1.78 bits per heavy atom. The largest absolute Gasteiger partial charge is 0.347 e. The molecule has 206 valence electrons. The van der Waals surface area contributed by atoms with Crippen molar-refractivity contribution in [1.29, 1.82) is 0 Å². The maximum Gasteiger partial charge on any atom is 0.270 e. The van der Waals surface area contributed by atoms with E-state index in [1.165, 1.54) is 22.9 Å². The predicted molar refractivity (Wildman–Crippen MR) is 153 cm³/mol. The summed E-state index contributed by atoms with van der Waals surface area (Å²) in [5.41, 5.74) is 5.47. The number of nitrogens with zero attached hydrogens (tertiary/aromatic N) is 6. The highest BCUT2D eigenvalue weighted by Crippen LogP contribution is 2.23. The number of halogens is 1. The van der Waals surface area contributed by atoms with E-state index in [4.69, 9.17) is 0 Å². The molecule has 1 amide bonds.